The lowest BCUT2D eigenvalue weighted by molar-refractivity contribution is -0.112. The molecule has 122 valence electrons. The number of benzene rings is 2. The summed E-state index contributed by atoms with van der Waals surface area (Å²) in [5, 5.41) is 11.8. The van der Waals surface area contributed by atoms with Gasteiger partial charge in [-0.1, -0.05) is 18.2 Å². The van der Waals surface area contributed by atoms with Crippen molar-refractivity contribution in [3.63, 3.8) is 0 Å². The number of nitrogens with zero attached hydrogens (tertiary/aromatic N) is 1. The number of anilines is 1. The molecular weight excluding hydrogens is 307 g/mol. The highest BCUT2D eigenvalue weighted by Crippen LogP contribution is 2.19. The van der Waals surface area contributed by atoms with Crippen LogP contribution in [0.3, 0.4) is 0 Å². The van der Waals surface area contributed by atoms with Crippen molar-refractivity contribution in [3.8, 4) is 11.8 Å². The highest BCUT2D eigenvalue weighted by Gasteiger charge is 2.10. The van der Waals surface area contributed by atoms with Gasteiger partial charge in [-0.3, -0.25) is 4.79 Å². The molecule has 0 fully saturated rings. The van der Waals surface area contributed by atoms with Gasteiger partial charge in [-0.15, -0.1) is 0 Å². The van der Waals surface area contributed by atoms with Gasteiger partial charge in [0.2, 0.25) is 0 Å². The monoisotopic (exact) mass is 324 g/mol. The minimum atomic E-state index is -0.538. The summed E-state index contributed by atoms with van der Waals surface area (Å²) in [7, 11) is 0. The Morgan fingerprint density at radius 2 is 1.96 bits per heavy atom. The molecule has 0 saturated carbocycles. The van der Waals surface area contributed by atoms with Crippen molar-refractivity contribution in [2.24, 2.45) is 0 Å². The molecule has 0 unspecified atom stereocenters. The SMILES string of the molecule is CC(C)Oc1cccc(NC(=O)/C(C#N)=C\c2ccc(F)cc2)c1. The summed E-state index contributed by atoms with van der Waals surface area (Å²) in [5.41, 5.74) is 1.02. The highest BCUT2D eigenvalue weighted by atomic mass is 19.1. The van der Waals surface area contributed by atoms with Crippen LogP contribution in [0.15, 0.2) is 54.1 Å². The van der Waals surface area contributed by atoms with Crippen LogP contribution in [0.4, 0.5) is 10.1 Å². The third-order valence-electron chi connectivity index (χ3n) is 3.01. The molecule has 0 aliphatic carbocycles. The fourth-order valence-electron chi connectivity index (χ4n) is 1.99. The van der Waals surface area contributed by atoms with E-state index in [0.717, 1.165) is 0 Å². The molecular formula is C19H17FN2O2. The van der Waals surface area contributed by atoms with Crippen molar-refractivity contribution >= 4 is 17.7 Å². The normalized spacial score (nSPS) is 11.0. The molecule has 24 heavy (non-hydrogen) atoms. The van der Waals surface area contributed by atoms with Gasteiger partial charge in [-0.05, 0) is 49.8 Å². The first-order valence-electron chi connectivity index (χ1n) is 7.43. The fourth-order valence-corrected chi connectivity index (χ4v) is 1.99. The quantitative estimate of drug-likeness (QED) is 0.663. The Bertz CT molecular complexity index is 790. The topological polar surface area (TPSA) is 62.1 Å². The summed E-state index contributed by atoms with van der Waals surface area (Å²) in [6.45, 7) is 3.81. The average molecular weight is 324 g/mol. The van der Waals surface area contributed by atoms with Crippen LogP contribution < -0.4 is 10.1 Å². The van der Waals surface area contributed by atoms with Gasteiger partial charge < -0.3 is 10.1 Å². The van der Waals surface area contributed by atoms with E-state index in [1.807, 2.05) is 19.9 Å². The van der Waals surface area contributed by atoms with Gasteiger partial charge in [0.15, 0.2) is 0 Å². The Morgan fingerprint density at radius 1 is 1.25 bits per heavy atom. The lowest BCUT2D eigenvalue weighted by Gasteiger charge is -2.11. The molecule has 4 nitrogen and oxygen atoms in total. The van der Waals surface area contributed by atoms with Crippen molar-refractivity contribution in [1.29, 1.82) is 5.26 Å². The summed E-state index contributed by atoms with van der Waals surface area (Å²) >= 11 is 0. The van der Waals surface area contributed by atoms with E-state index in [1.54, 1.807) is 24.3 Å². The largest absolute Gasteiger partial charge is 0.491 e. The summed E-state index contributed by atoms with van der Waals surface area (Å²) in [4.78, 5) is 12.2. The van der Waals surface area contributed by atoms with E-state index in [9.17, 15) is 14.4 Å². The molecule has 2 rings (SSSR count). The number of carbonyl (C=O) groups excluding carboxylic acids is 1. The van der Waals surface area contributed by atoms with Crippen molar-refractivity contribution < 1.29 is 13.9 Å². The summed E-state index contributed by atoms with van der Waals surface area (Å²) in [5.74, 6) is -0.288. The van der Waals surface area contributed by atoms with Crippen molar-refractivity contribution in [3.05, 3.63) is 65.5 Å². The van der Waals surface area contributed by atoms with E-state index in [1.165, 1.54) is 30.3 Å². The number of amides is 1. The zero-order chi connectivity index (χ0) is 17.5. The first kappa shape index (κ1) is 17.2. The Hall–Kier alpha value is -3.13. The zero-order valence-electron chi connectivity index (χ0n) is 13.4. The van der Waals surface area contributed by atoms with E-state index in [-0.39, 0.29) is 17.5 Å². The molecule has 0 spiro atoms. The van der Waals surface area contributed by atoms with Crippen LogP contribution in [0.5, 0.6) is 5.75 Å². The van der Waals surface area contributed by atoms with Crippen molar-refractivity contribution in [2.75, 3.05) is 5.32 Å². The predicted octanol–water partition coefficient (Wildman–Crippen LogP) is 4.16. The van der Waals surface area contributed by atoms with Crippen LogP contribution in [0.1, 0.15) is 19.4 Å². The smallest absolute Gasteiger partial charge is 0.266 e. The first-order chi connectivity index (χ1) is 11.5. The maximum Gasteiger partial charge on any atom is 0.266 e. The second kappa shape index (κ2) is 7.93. The lowest BCUT2D eigenvalue weighted by atomic mass is 10.1. The number of hydrogen-bond donors (Lipinski definition) is 1. The highest BCUT2D eigenvalue weighted by molar-refractivity contribution is 6.09. The molecule has 0 bridgehead atoms. The van der Waals surface area contributed by atoms with Gasteiger partial charge in [0.25, 0.3) is 5.91 Å². The molecule has 0 heterocycles. The van der Waals surface area contributed by atoms with E-state index in [0.29, 0.717) is 17.0 Å². The molecule has 5 heteroatoms. The number of rotatable bonds is 5. The number of ether oxygens (including phenoxy) is 1. The molecule has 0 aromatic heterocycles. The van der Waals surface area contributed by atoms with E-state index >= 15 is 0 Å². The van der Waals surface area contributed by atoms with E-state index in [2.05, 4.69) is 5.32 Å². The predicted molar refractivity (Wildman–Crippen MR) is 90.8 cm³/mol. The molecule has 1 N–H and O–H groups in total. The van der Waals surface area contributed by atoms with Crippen LogP contribution in [-0.4, -0.2) is 12.0 Å². The van der Waals surface area contributed by atoms with Gasteiger partial charge in [-0.25, -0.2) is 4.39 Å². The van der Waals surface area contributed by atoms with Gasteiger partial charge in [-0.2, -0.15) is 5.26 Å². The fraction of sp³-hybridized carbons (Fsp3) is 0.158. The standard InChI is InChI=1S/C19H17FN2O2/c1-13(2)24-18-5-3-4-17(11-18)22-19(23)15(12-21)10-14-6-8-16(20)9-7-14/h3-11,13H,1-2H3,(H,22,23)/b15-10-. The van der Waals surface area contributed by atoms with E-state index < -0.39 is 5.91 Å². The number of halogens is 1. The number of nitriles is 1. The maximum atomic E-state index is 12.9. The van der Waals surface area contributed by atoms with Crippen molar-refractivity contribution in [1.82, 2.24) is 0 Å². The molecule has 0 aliphatic rings. The van der Waals surface area contributed by atoms with Crippen LogP contribution in [0.2, 0.25) is 0 Å². The third-order valence-corrected chi connectivity index (χ3v) is 3.01. The maximum absolute atomic E-state index is 12.9. The second-order valence-electron chi connectivity index (χ2n) is 5.37. The minimum absolute atomic E-state index is 0.0176. The number of nitrogens with one attached hydrogen (secondary N) is 1. The van der Waals surface area contributed by atoms with Crippen LogP contribution in [-0.2, 0) is 4.79 Å². The Morgan fingerprint density at radius 3 is 2.58 bits per heavy atom. The molecule has 0 saturated heterocycles. The van der Waals surface area contributed by atoms with Gasteiger partial charge in [0.05, 0.1) is 6.10 Å². The molecule has 0 aliphatic heterocycles. The number of carbonyl (C=O) groups is 1. The number of hydrogen-bond acceptors (Lipinski definition) is 3. The zero-order valence-corrected chi connectivity index (χ0v) is 13.4. The molecule has 1 amide bonds. The van der Waals surface area contributed by atoms with Gasteiger partial charge in [0, 0.05) is 11.8 Å². The van der Waals surface area contributed by atoms with Gasteiger partial charge in [0.1, 0.15) is 23.2 Å². The molecule has 0 atom stereocenters. The first-order valence-corrected chi connectivity index (χ1v) is 7.43. The molecule has 2 aromatic carbocycles. The van der Waals surface area contributed by atoms with E-state index in [4.69, 9.17) is 4.74 Å². The summed E-state index contributed by atoms with van der Waals surface area (Å²) in [6, 6.07) is 14.3. The Labute approximate surface area is 140 Å². The Kier molecular flexibility index (Phi) is 5.69. The summed E-state index contributed by atoms with van der Waals surface area (Å²) < 4.78 is 18.5. The van der Waals surface area contributed by atoms with Crippen LogP contribution in [0.25, 0.3) is 6.08 Å². The minimum Gasteiger partial charge on any atom is -0.491 e. The molecule has 0 radical (unpaired) electrons. The lowest BCUT2D eigenvalue weighted by Crippen LogP contribution is -2.13. The van der Waals surface area contributed by atoms with Crippen molar-refractivity contribution in [2.45, 2.75) is 20.0 Å². The second-order valence-corrected chi connectivity index (χ2v) is 5.37. The third kappa shape index (κ3) is 4.96. The molecule has 2 aromatic rings. The average Bonchev–Trinajstić information content (AvgIpc) is 2.54. The van der Waals surface area contributed by atoms with Crippen LogP contribution >= 0.6 is 0 Å². The van der Waals surface area contributed by atoms with Crippen LogP contribution in [0, 0.1) is 17.1 Å². The Balaban J connectivity index is 2.15. The van der Waals surface area contributed by atoms with Gasteiger partial charge >= 0.3 is 0 Å². The summed E-state index contributed by atoms with van der Waals surface area (Å²) in [6.07, 6.45) is 1.42.